The van der Waals surface area contributed by atoms with Gasteiger partial charge in [0.2, 0.25) is 0 Å². The van der Waals surface area contributed by atoms with E-state index < -0.39 is 39.6 Å². The first-order valence-corrected chi connectivity index (χ1v) is 13.8. The van der Waals surface area contributed by atoms with Crippen molar-refractivity contribution in [3.63, 3.8) is 0 Å². The van der Waals surface area contributed by atoms with Crippen molar-refractivity contribution in [2.75, 3.05) is 18.1 Å². The smallest absolute Gasteiger partial charge is 0.307 e. The number of carbonyl (C=O) groups excluding carboxylic acids is 1. The van der Waals surface area contributed by atoms with E-state index in [0.717, 1.165) is 24.5 Å². The first-order valence-electron chi connectivity index (χ1n) is 12.0. The van der Waals surface area contributed by atoms with Crippen LogP contribution in [0.1, 0.15) is 49.8 Å². The van der Waals surface area contributed by atoms with Gasteiger partial charge < -0.3 is 15.8 Å². The monoisotopic (exact) mass is 510 g/mol. The van der Waals surface area contributed by atoms with E-state index in [1.54, 1.807) is 0 Å². The van der Waals surface area contributed by atoms with Crippen LogP contribution in [0.25, 0.3) is 0 Å². The average molecular weight is 511 g/mol. The SMILES string of the molecule is CCCCS(=O)(=O)CCC(=O)O[C@H](CNCc1cccc(CC)c1)[C@@H](N)Cc1cc(F)cc(F)c1. The predicted molar refractivity (Wildman–Crippen MR) is 134 cm³/mol. The van der Waals surface area contributed by atoms with Crippen LogP contribution in [0, 0.1) is 11.6 Å². The van der Waals surface area contributed by atoms with Crippen LogP contribution in [0.15, 0.2) is 42.5 Å². The first-order chi connectivity index (χ1) is 16.6. The Morgan fingerprint density at radius 2 is 1.71 bits per heavy atom. The zero-order valence-electron chi connectivity index (χ0n) is 20.4. The van der Waals surface area contributed by atoms with E-state index in [9.17, 15) is 22.0 Å². The van der Waals surface area contributed by atoms with Crippen molar-refractivity contribution in [3.8, 4) is 0 Å². The summed E-state index contributed by atoms with van der Waals surface area (Å²) in [6.07, 6.45) is 1.18. The van der Waals surface area contributed by atoms with Crippen LogP contribution in [-0.2, 0) is 38.8 Å². The Kier molecular flexibility index (Phi) is 11.8. The predicted octanol–water partition coefficient (Wildman–Crippen LogP) is 3.70. The van der Waals surface area contributed by atoms with Crippen molar-refractivity contribution in [2.24, 2.45) is 5.73 Å². The van der Waals surface area contributed by atoms with Crippen molar-refractivity contribution in [1.82, 2.24) is 5.32 Å². The summed E-state index contributed by atoms with van der Waals surface area (Å²) in [7, 11) is -3.34. The lowest BCUT2D eigenvalue weighted by atomic mass is 10.0. The second-order valence-electron chi connectivity index (χ2n) is 8.73. The van der Waals surface area contributed by atoms with Gasteiger partial charge in [-0.05, 0) is 48.1 Å². The fraction of sp³-hybridized carbons (Fsp3) is 0.500. The van der Waals surface area contributed by atoms with E-state index in [1.165, 1.54) is 17.7 Å². The molecule has 0 fully saturated rings. The van der Waals surface area contributed by atoms with Crippen molar-refractivity contribution in [2.45, 2.75) is 64.6 Å². The summed E-state index contributed by atoms with van der Waals surface area (Å²) >= 11 is 0. The fourth-order valence-corrected chi connectivity index (χ4v) is 5.07. The third kappa shape index (κ3) is 10.8. The molecule has 2 aromatic rings. The Bertz CT molecular complexity index is 1040. The Hall–Kier alpha value is -2.36. The fourth-order valence-electron chi connectivity index (χ4n) is 3.66. The van der Waals surface area contributed by atoms with Gasteiger partial charge in [-0.3, -0.25) is 4.79 Å². The number of esters is 1. The second-order valence-corrected chi connectivity index (χ2v) is 11.0. The quantitative estimate of drug-likeness (QED) is 0.355. The van der Waals surface area contributed by atoms with Gasteiger partial charge in [-0.1, -0.05) is 44.5 Å². The molecule has 0 aliphatic carbocycles. The van der Waals surface area contributed by atoms with Crippen LogP contribution in [0.5, 0.6) is 0 Å². The molecule has 3 N–H and O–H groups in total. The maximum absolute atomic E-state index is 13.6. The summed E-state index contributed by atoms with van der Waals surface area (Å²) in [6.45, 7) is 4.67. The van der Waals surface area contributed by atoms with Crippen molar-refractivity contribution in [3.05, 3.63) is 70.8 Å². The van der Waals surface area contributed by atoms with Crippen molar-refractivity contribution < 1.29 is 26.7 Å². The van der Waals surface area contributed by atoms with Gasteiger partial charge in [-0.15, -0.1) is 0 Å². The van der Waals surface area contributed by atoms with Gasteiger partial charge >= 0.3 is 5.97 Å². The summed E-state index contributed by atoms with van der Waals surface area (Å²) < 4.78 is 56.9. The molecular formula is C26H36F2N2O4S. The summed E-state index contributed by atoms with van der Waals surface area (Å²) in [4.78, 5) is 12.5. The topological polar surface area (TPSA) is 98.5 Å². The molecular weight excluding hydrogens is 474 g/mol. The van der Waals surface area contributed by atoms with Crippen molar-refractivity contribution >= 4 is 15.8 Å². The first kappa shape index (κ1) is 28.9. The van der Waals surface area contributed by atoms with Gasteiger partial charge in [-0.25, -0.2) is 17.2 Å². The van der Waals surface area contributed by atoms with Gasteiger partial charge in [0.05, 0.1) is 17.9 Å². The highest BCUT2D eigenvalue weighted by atomic mass is 32.2. The normalized spacial score (nSPS) is 13.4. The van der Waals surface area contributed by atoms with Crippen LogP contribution in [0.3, 0.4) is 0 Å². The number of aryl methyl sites for hydroxylation is 1. The summed E-state index contributed by atoms with van der Waals surface area (Å²) in [5, 5.41) is 3.22. The lowest BCUT2D eigenvalue weighted by Gasteiger charge is -2.25. The number of nitrogens with one attached hydrogen (secondary N) is 1. The zero-order valence-corrected chi connectivity index (χ0v) is 21.3. The van der Waals surface area contributed by atoms with Crippen LogP contribution in [0.2, 0.25) is 0 Å². The summed E-state index contributed by atoms with van der Waals surface area (Å²) in [5.74, 6) is -2.37. The second kappa shape index (κ2) is 14.3. The van der Waals surface area contributed by atoms with E-state index in [4.69, 9.17) is 10.5 Å². The maximum atomic E-state index is 13.6. The molecule has 0 saturated carbocycles. The molecule has 0 saturated heterocycles. The number of sulfone groups is 1. The summed E-state index contributed by atoms with van der Waals surface area (Å²) in [6, 6.07) is 10.4. The van der Waals surface area contributed by atoms with Crippen molar-refractivity contribution in [1.29, 1.82) is 0 Å². The molecule has 0 amide bonds. The average Bonchev–Trinajstić information content (AvgIpc) is 2.80. The number of hydrogen-bond acceptors (Lipinski definition) is 6. The molecule has 6 nitrogen and oxygen atoms in total. The summed E-state index contributed by atoms with van der Waals surface area (Å²) in [5.41, 5.74) is 8.88. The minimum Gasteiger partial charge on any atom is -0.459 e. The Balaban J connectivity index is 2.04. The highest BCUT2D eigenvalue weighted by Gasteiger charge is 2.24. The standard InChI is InChI=1S/C26H36F2N2O4S/c1-3-5-10-35(32,33)11-9-26(31)34-25(18-30-17-20-8-6-7-19(4-2)12-20)24(29)15-21-13-22(27)16-23(28)14-21/h6-8,12-14,16,24-25,30H,3-5,9-11,15,17-18,29H2,1-2H3/t24-,25+/m0/s1. The third-order valence-electron chi connectivity index (χ3n) is 5.65. The molecule has 0 spiro atoms. The Morgan fingerprint density at radius 1 is 1.03 bits per heavy atom. The minimum atomic E-state index is -3.34. The number of nitrogens with two attached hydrogens (primary N) is 1. The van der Waals surface area contributed by atoms with E-state index in [2.05, 4.69) is 18.3 Å². The Labute approximate surface area is 207 Å². The highest BCUT2D eigenvalue weighted by molar-refractivity contribution is 7.91. The lowest BCUT2D eigenvalue weighted by Crippen LogP contribution is -2.46. The van der Waals surface area contributed by atoms with Crippen LogP contribution in [0.4, 0.5) is 8.78 Å². The molecule has 35 heavy (non-hydrogen) atoms. The van der Waals surface area contributed by atoms with Gasteiger partial charge in [0.15, 0.2) is 9.84 Å². The molecule has 0 unspecified atom stereocenters. The molecule has 9 heteroatoms. The van der Waals surface area contributed by atoms with Crippen LogP contribution in [-0.4, -0.2) is 44.6 Å². The van der Waals surface area contributed by atoms with E-state index in [0.29, 0.717) is 18.5 Å². The maximum Gasteiger partial charge on any atom is 0.307 e. The highest BCUT2D eigenvalue weighted by Crippen LogP contribution is 2.13. The van der Waals surface area contributed by atoms with Gasteiger partial charge in [-0.2, -0.15) is 0 Å². The largest absolute Gasteiger partial charge is 0.459 e. The van der Waals surface area contributed by atoms with E-state index in [1.807, 2.05) is 25.1 Å². The number of unbranched alkanes of at least 4 members (excludes halogenated alkanes) is 1. The molecule has 2 aromatic carbocycles. The molecule has 2 rings (SSSR count). The minimum absolute atomic E-state index is 0.0310. The van der Waals surface area contributed by atoms with E-state index in [-0.39, 0.29) is 30.9 Å². The molecule has 0 heterocycles. The number of benzene rings is 2. The molecule has 0 bridgehead atoms. The molecule has 194 valence electrons. The van der Waals surface area contributed by atoms with Gasteiger partial charge in [0.1, 0.15) is 17.7 Å². The molecule has 0 radical (unpaired) electrons. The molecule has 0 aliphatic rings. The third-order valence-corrected chi connectivity index (χ3v) is 7.39. The number of hydrogen-bond donors (Lipinski definition) is 2. The Morgan fingerprint density at radius 3 is 2.37 bits per heavy atom. The molecule has 0 aromatic heterocycles. The van der Waals surface area contributed by atoms with Gasteiger partial charge in [0.25, 0.3) is 0 Å². The van der Waals surface area contributed by atoms with Crippen LogP contribution >= 0.6 is 0 Å². The zero-order chi connectivity index (χ0) is 25.8. The number of halogens is 2. The molecule has 0 aliphatic heterocycles. The van der Waals surface area contributed by atoms with E-state index >= 15 is 0 Å². The number of rotatable bonds is 15. The number of ether oxygens (including phenoxy) is 1. The van der Waals surface area contributed by atoms with Crippen LogP contribution < -0.4 is 11.1 Å². The molecule has 2 atom stereocenters. The van der Waals surface area contributed by atoms with Gasteiger partial charge in [0, 0.05) is 25.2 Å². The lowest BCUT2D eigenvalue weighted by molar-refractivity contribution is -0.149. The number of carbonyl (C=O) groups is 1.